The molecule has 0 amide bonds. The van der Waals surface area contributed by atoms with E-state index in [-0.39, 0.29) is 4.90 Å². The van der Waals surface area contributed by atoms with Crippen molar-refractivity contribution in [1.82, 2.24) is 4.72 Å². The minimum atomic E-state index is -3.53. The fraction of sp³-hybridized carbons (Fsp3) is 0.200. The van der Waals surface area contributed by atoms with Crippen LogP contribution in [0.5, 0.6) is 11.5 Å². The zero-order valence-corrected chi connectivity index (χ0v) is 12.8. The summed E-state index contributed by atoms with van der Waals surface area (Å²) in [5.41, 5.74) is 7.33. The van der Waals surface area contributed by atoms with Crippen LogP contribution >= 0.6 is 0 Å². The SMILES string of the molecule is CCNS(=O)(=O)c1ccc(N)c(Oc2ccc(C)cc2)c1. The van der Waals surface area contributed by atoms with Crippen LogP contribution < -0.4 is 15.2 Å². The highest BCUT2D eigenvalue weighted by atomic mass is 32.2. The molecule has 0 spiro atoms. The smallest absolute Gasteiger partial charge is 0.240 e. The van der Waals surface area contributed by atoms with Crippen LogP contribution in [-0.4, -0.2) is 15.0 Å². The van der Waals surface area contributed by atoms with Gasteiger partial charge in [0.25, 0.3) is 0 Å². The van der Waals surface area contributed by atoms with E-state index in [1.807, 2.05) is 19.1 Å². The second-order valence-corrected chi connectivity index (χ2v) is 6.38. The van der Waals surface area contributed by atoms with Gasteiger partial charge in [-0.1, -0.05) is 24.6 Å². The first-order chi connectivity index (χ1) is 9.92. The van der Waals surface area contributed by atoms with Crippen LogP contribution in [0.1, 0.15) is 12.5 Å². The molecule has 0 fully saturated rings. The molecular weight excluding hydrogens is 288 g/mol. The summed E-state index contributed by atoms with van der Waals surface area (Å²) in [7, 11) is -3.53. The minimum absolute atomic E-state index is 0.126. The third kappa shape index (κ3) is 3.74. The summed E-state index contributed by atoms with van der Waals surface area (Å²) in [6.07, 6.45) is 0. The number of hydrogen-bond donors (Lipinski definition) is 2. The molecule has 2 aromatic carbocycles. The van der Waals surface area contributed by atoms with Crippen LogP contribution in [0.15, 0.2) is 47.4 Å². The fourth-order valence-corrected chi connectivity index (χ4v) is 2.83. The van der Waals surface area contributed by atoms with Gasteiger partial charge in [-0.2, -0.15) is 0 Å². The van der Waals surface area contributed by atoms with Crippen LogP contribution in [0.3, 0.4) is 0 Å². The van der Waals surface area contributed by atoms with E-state index >= 15 is 0 Å². The van der Waals surface area contributed by atoms with E-state index < -0.39 is 10.0 Å². The van der Waals surface area contributed by atoms with Crippen LogP contribution in [0.2, 0.25) is 0 Å². The third-order valence-electron chi connectivity index (χ3n) is 2.88. The van der Waals surface area contributed by atoms with Crippen LogP contribution in [0.4, 0.5) is 5.69 Å². The Labute approximate surface area is 124 Å². The lowest BCUT2D eigenvalue weighted by molar-refractivity contribution is 0.483. The second kappa shape index (κ2) is 6.15. The number of anilines is 1. The van der Waals surface area contributed by atoms with Gasteiger partial charge in [0.15, 0.2) is 5.75 Å². The van der Waals surface area contributed by atoms with Gasteiger partial charge in [-0.25, -0.2) is 13.1 Å². The average Bonchev–Trinajstić information content (AvgIpc) is 2.43. The number of ether oxygens (including phenoxy) is 1. The van der Waals surface area contributed by atoms with Crippen molar-refractivity contribution in [3.8, 4) is 11.5 Å². The molecule has 3 N–H and O–H groups in total. The van der Waals surface area contributed by atoms with Gasteiger partial charge in [0.2, 0.25) is 10.0 Å². The summed E-state index contributed by atoms with van der Waals surface area (Å²) in [4.78, 5) is 0.126. The Morgan fingerprint density at radius 3 is 2.43 bits per heavy atom. The van der Waals surface area contributed by atoms with Crippen molar-refractivity contribution in [2.75, 3.05) is 12.3 Å². The van der Waals surface area contributed by atoms with Gasteiger partial charge in [0.05, 0.1) is 10.6 Å². The normalized spacial score (nSPS) is 11.3. The van der Waals surface area contributed by atoms with E-state index in [2.05, 4.69) is 4.72 Å². The highest BCUT2D eigenvalue weighted by Gasteiger charge is 2.15. The summed E-state index contributed by atoms with van der Waals surface area (Å²) in [5.74, 6) is 0.920. The Morgan fingerprint density at radius 1 is 1.14 bits per heavy atom. The largest absolute Gasteiger partial charge is 0.455 e. The monoisotopic (exact) mass is 306 g/mol. The first kappa shape index (κ1) is 15.3. The average molecular weight is 306 g/mol. The Balaban J connectivity index is 2.33. The third-order valence-corrected chi connectivity index (χ3v) is 4.42. The number of aryl methyl sites for hydroxylation is 1. The van der Waals surface area contributed by atoms with Gasteiger partial charge < -0.3 is 10.5 Å². The summed E-state index contributed by atoms with van der Waals surface area (Å²) < 4.78 is 32.1. The Kier molecular flexibility index (Phi) is 4.50. The van der Waals surface area contributed by atoms with E-state index in [0.29, 0.717) is 23.7 Å². The maximum Gasteiger partial charge on any atom is 0.240 e. The molecule has 0 atom stereocenters. The maximum atomic E-state index is 12.0. The number of hydrogen-bond acceptors (Lipinski definition) is 4. The van der Waals surface area contributed by atoms with Crippen molar-refractivity contribution in [3.05, 3.63) is 48.0 Å². The zero-order chi connectivity index (χ0) is 15.5. The molecule has 0 aliphatic heterocycles. The van der Waals surface area contributed by atoms with Crippen LogP contribution in [-0.2, 0) is 10.0 Å². The number of nitrogens with one attached hydrogen (secondary N) is 1. The molecule has 0 bridgehead atoms. The van der Waals surface area contributed by atoms with E-state index in [9.17, 15) is 8.42 Å². The van der Waals surface area contributed by atoms with Gasteiger partial charge in [0.1, 0.15) is 5.75 Å². The number of benzene rings is 2. The Morgan fingerprint density at radius 2 is 1.81 bits per heavy atom. The summed E-state index contributed by atoms with van der Waals surface area (Å²) in [6.45, 7) is 4.02. The minimum Gasteiger partial charge on any atom is -0.455 e. The first-order valence-corrected chi connectivity index (χ1v) is 8.04. The number of nitrogen functional groups attached to an aromatic ring is 1. The molecular formula is C15H18N2O3S. The molecule has 0 aliphatic rings. The molecule has 2 rings (SSSR count). The van der Waals surface area contributed by atoms with E-state index in [0.717, 1.165) is 5.56 Å². The Bertz CT molecular complexity index is 725. The van der Waals surface area contributed by atoms with Crippen LogP contribution in [0, 0.1) is 6.92 Å². The molecule has 0 saturated heterocycles. The van der Waals surface area contributed by atoms with E-state index in [1.165, 1.54) is 18.2 Å². The number of rotatable bonds is 5. The molecule has 0 aliphatic carbocycles. The maximum absolute atomic E-state index is 12.0. The molecule has 0 heterocycles. The number of nitrogens with two attached hydrogens (primary N) is 1. The van der Waals surface area contributed by atoms with Crippen molar-refractivity contribution in [2.45, 2.75) is 18.7 Å². The molecule has 0 aromatic heterocycles. The van der Waals surface area contributed by atoms with E-state index in [1.54, 1.807) is 19.1 Å². The van der Waals surface area contributed by atoms with Crippen LogP contribution in [0.25, 0.3) is 0 Å². The molecule has 21 heavy (non-hydrogen) atoms. The van der Waals surface area contributed by atoms with E-state index in [4.69, 9.17) is 10.5 Å². The molecule has 6 heteroatoms. The topological polar surface area (TPSA) is 81.4 Å². The summed E-state index contributed by atoms with van der Waals surface area (Å²) in [5, 5.41) is 0. The van der Waals surface area contributed by atoms with Crippen molar-refractivity contribution >= 4 is 15.7 Å². The first-order valence-electron chi connectivity index (χ1n) is 6.56. The van der Waals surface area contributed by atoms with Gasteiger partial charge in [0, 0.05) is 12.6 Å². The lowest BCUT2D eigenvalue weighted by Crippen LogP contribution is -2.23. The standard InChI is InChI=1S/C15H18N2O3S/c1-3-17-21(18,19)13-8-9-14(16)15(10-13)20-12-6-4-11(2)5-7-12/h4-10,17H,3,16H2,1-2H3. The van der Waals surface area contributed by atoms with Gasteiger partial charge in [-0.05, 0) is 31.2 Å². The fourth-order valence-electron chi connectivity index (χ4n) is 1.78. The van der Waals surface area contributed by atoms with Crippen molar-refractivity contribution in [3.63, 3.8) is 0 Å². The molecule has 0 radical (unpaired) electrons. The highest BCUT2D eigenvalue weighted by molar-refractivity contribution is 7.89. The van der Waals surface area contributed by atoms with Crippen molar-refractivity contribution < 1.29 is 13.2 Å². The predicted octanol–water partition coefficient (Wildman–Crippen LogP) is 2.67. The highest BCUT2D eigenvalue weighted by Crippen LogP contribution is 2.30. The second-order valence-electron chi connectivity index (χ2n) is 4.62. The summed E-state index contributed by atoms with van der Waals surface area (Å²) in [6, 6.07) is 11.8. The lowest BCUT2D eigenvalue weighted by Gasteiger charge is -2.11. The molecule has 112 valence electrons. The van der Waals surface area contributed by atoms with Gasteiger partial charge >= 0.3 is 0 Å². The number of sulfonamides is 1. The zero-order valence-electron chi connectivity index (χ0n) is 12.0. The van der Waals surface area contributed by atoms with Gasteiger partial charge in [-0.3, -0.25) is 0 Å². The predicted molar refractivity (Wildman–Crippen MR) is 83.0 cm³/mol. The Hall–Kier alpha value is -2.05. The molecule has 5 nitrogen and oxygen atoms in total. The molecule has 0 saturated carbocycles. The quantitative estimate of drug-likeness (QED) is 0.832. The van der Waals surface area contributed by atoms with Crippen molar-refractivity contribution in [1.29, 1.82) is 0 Å². The lowest BCUT2D eigenvalue weighted by atomic mass is 10.2. The van der Waals surface area contributed by atoms with Crippen molar-refractivity contribution in [2.24, 2.45) is 0 Å². The molecule has 2 aromatic rings. The summed E-state index contributed by atoms with van der Waals surface area (Å²) >= 11 is 0. The molecule has 0 unspecified atom stereocenters. The van der Waals surface area contributed by atoms with Gasteiger partial charge in [-0.15, -0.1) is 0 Å².